The summed E-state index contributed by atoms with van der Waals surface area (Å²) in [6, 6.07) is 11.9. The molecule has 1 N–H and O–H groups in total. The number of nitrogens with one attached hydrogen (secondary N) is 1. The Hall–Kier alpha value is -2.45. The summed E-state index contributed by atoms with van der Waals surface area (Å²) in [6.07, 6.45) is 3.92. The van der Waals surface area contributed by atoms with Gasteiger partial charge in [0.1, 0.15) is 0 Å². The number of pyridine rings is 1. The van der Waals surface area contributed by atoms with Gasteiger partial charge in [-0.15, -0.1) is 0 Å². The van der Waals surface area contributed by atoms with Crippen molar-refractivity contribution in [3.8, 4) is 11.8 Å². The minimum absolute atomic E-state index is 0.420. The van der Waals surface area contributed by atoms with E-state index in [1.807, 2.05) is 34.9 Å². The van der Waals surface area contributed by atoms with Crippen LogP contribution in [0, 0.1) is 16.1 Å². The molecule has 5 heteroatoms. The first-order valence-corrected chi connectivity index (χ1v) is 6.21. The second-order valence-corrected chi connectivity index (χ2v) is 4.55. The van der Waals surface area contributed by atoms with Crippen molar-refractivity contribution in [1.82, 2.24) is 14.5 Å². The number of fused-ring (bicyclic) bond motifs is 1. The lowest BCUT2D eigenvalue weighted by Crippen LogP contribution is -1.94. The highest BCUT2D eigenvalue weighted by Gasteiger charge is 2.06. The number of rotatable bonds is 2. The zero-order valence-corrected chi connectivity index (χ0v) is 10.8. The fourth-order valence-corrected chi connectivity index (χ4v) is 2.38. The van der Waals surface area contributed by atoms with Gasteiger partial charge in [-0.2, -0.15) is 5.26 Å². The summed E-state index contributed by atoms with van der Waals surface area (Å²) in [7, 11) is 0. The topological polar surface area (TPSA) is 57.4 Å². The van der Waals surface area contributed by atoms with E-state index in [0.717, 1.165) is 22.3 Å². The van der Waals surface area contributed by atoms with E-state index >= 15 is 0 Å². The summed E-state index contributed by atoms with van der Waals surface area (Å²) in [5.74, 6) is 0. The lowest BCUT2D eigenvalue weighted by Gasteiger charge is -2.05. The van der Waals surface area contributed by atoms with Crippen LogP contribution in [0.2, 0.25) is 0 Å². The molecular weight excluding hydrogens is 256 g/mol. The Morgan fingerprint density at radius 3 is 2.79 bits per heavy atom. The van der Waals surface area contributed by atoms with Gasteiger partial charge in [0.15, 0.2) is 4.77 Å². The molecule has 0 bridgehead atoms. The summed E-state index contributed by atoms with van der Waals surface area (Å²) in [4.78, 5) is 7.20. The summed E-state index contributed by atoms with van der Waals surface area (Å²) in [6.45, 7) is 0. The smallest absolute Gasteiger partial charge is 0.182 e. The Labute approximate surface area is 115 Å². The molecule has 0 spiro atoms. The molecule has 92 valence electrons. The standard InChI is InChI=1S/C14H10N4S/c15-7-5-10-1-3-11(4-2-10)18-13-6-8-16-9-12(13)17-14(18)19/h1-4,6,8-9H,5H2,(H,17,19). The average Bonchev–Trinajstić information content (AvgIpc) is 2.76. The van der Waals surface area contributed by atoms with Crippen LogP contribution in [0.5, 0.6) is 0 Å². The van der Waals surface area contributed by atoms with Gasteiger partial charge < -0.3 is 4.98 Å². The Morgan fingerprint density at radius 2 is 2.05 bits per heavy atom. The van der Waals surface area contributed by atoms with E-state index in [2.05, 4.69) is 16.0 Å². The molecular formula is C14H10N4S. The number of hydrogen-bond acceptors (Lipinski definition) is 3. The van der Waals surface area contributed by atoms with Crippen molar-refractivity contribution in [2.75, 3.05) is 0 Å². The van der Waals surface area contributed by atoms with Crippen molar-refractivity contribution < 1.29 is 0 Å². The highest BCUT2D eigenvalue weighted by molar-refractivity contribution is 7.71. The van der Waals surface area contributed by atoms with Crippen LogP contribution in [0.25, 0.3) is 16.7 Å². The van der Waals surface area contributed by atoms with Gasteiger partial charge in [-0.05, 0) is 36.0 Å². The molecule has 0 amide bonds. The van der Waals surface area contributed by atoms with Crippen LogP contribution in [0.15, 0.2) is 42.7 Å². The molecule has 2 aromatic heterocycles. The number of aromatic amines is 1. The van der Waals surface area contributed by atoms with Gasteiger partial charge in [-0.1, -0.05) is 12.1 Å². The van der Waals surface area contributed by atoms with Crippen molar-refractivity contribution in [3.63, 3.8) is 0 Å². The van der Waals surface area contributed by atoms with Crippen molar-refractivity contribution in [2.24, 2.45) is 0 Å². The summed E-state index contributed by atoms with van der Waals surface area (Å²) in [5.41, 5.74) is 3.88. The summed E-state index contributed by atoms with van der Waals surface area (Å²) < 4.78 is 2.60. The van der Waals surface area contributed by atoms with Gasteiger partial charge in [0.05, 0.1) is 29.7 Å². The largest absolute Gasteiger partial charge is 0.329 e. The van der Waals surface area contributed by atoms with Crippen LogP contribution in [-0.2, 0) is 6.42 Å². The first-order chi connectivity index (χ1) is 9.29. The molecule has 0 aliphatic carbocycles. The summed E-state index contributed by atoms with van der Waals surface area (Å²) >= 11 is 5.35. The normalized spacial score (nSPS) is 10.5. The zero-order valence-electron chi connectivity index (χ0n) is 10.00. The van der Waals surface area contributed by atoms with E-state index in [4.69, 9.17) is 17.5 Å². The first-order valence-electron chi connectivity index (χ1n) is 5.80. The molecule has 0 unspecified atom stereocenters. The molecule has 0 atom stereocenters. The van der Waals surface area contributed by atoms with E-state index in [1.165, 1.54) is 0 Å². The third kappa shape index (κ3) is 2.02. The highest BCUT2D eigenvalue weighted by atomic mass is 32.1. The van der Waals surface area contributed by atoms with Crippen molar-refractivity contribution in [1.29, 1.82) is 5.26 Å². The fourth-order valence-electron chi connectivity index (χ4n) is 2.07. The first kappa shape index (κ1) is 11.6. The molecule has 2 heterocycles. The molecule has 4 nitrogen and oxygen atoms in total. The Morgan fingerprint density at radius 1 is 1.26 bits per heavy atom. The monoisotopic (exact) mass is 266 g/mol. The van der Waals surface area contributed by atoms with E-state index in [0.29, 0.717) is 11.2 Å². The third-order valence-corrected chi connectivity index (χ3v) is 3.25. The van der Waals surface area contributed by atoms with Crippen LogP contribution in [0.4, 0.5) is 0 Å². The second kappa shape index (κ2) is 4.67. The number of H-pyrrole nitrogens is 1. The molecule has 3 rings (SSSR count). The quantitative estimate of drug-likeness (QED) is 0.725. The number of benzene rings is 1. The minimum Gasteiger partial charge on any atom is -0.329 e. The van der Waals surface area contributed by atoms with Crippen LogP contribution in [0.1, 0.15) is 5.56 Å². The number of nitrogens with zero attached hydrogens (tertiary/aromatic N) is 3. The maximum absolute atomic E-state index is 8.67. The maximum atomic E-state index is 8.67. The third-order valence-electron chi connectivity index (χ3n) is 2.96. The van der Waals surface area contributed by atoms with Gasteiger partial charge in [0.2, 0.25) is 0 Å². The van der Waals surface area contributed by atoms with E-state index in [1.54, 1.807) is 12.4 Å². The highest BCUT2D eigenvalue weighted by Crippen LogP contribution is 2.19. The van der Waals surface area contributed by atoms with E-state index < -0.39 is 0 Å². The summed E-state index contributed by atoms with van der Waals surface area (Å²) in [5, 5.41) is 8.67. The van der Waals surface area contributed by atoms with Gasteiger partial charge in [-0.3, -0.25) is 9.55 Å². The Bertz CT molecular complexity index is 821. The maximum Gasteiger partial charge on any atom is 0.182 e. The predicted octanol–water partition coefficient (Wildman–Crippen LogP) is 3.15. The SMILES string of the molecule is N#CCc1ccc(-n2c(=S)[nH]c3cnccc32)cc1. The molecule has 3 aromatic rings. The number of hydrogen-bond donors (Lipinski definition) is 1. The molecule has 1 aromatic carbocycles. The van der Waals surface area contributed by atoms with Crippen LogP contribution >= 0.6 is 12.2 Å². The molecule has 19 heavy (non-hydrogen) atoms. The number of aromatic nitrogens is 3. The number of nitriles is 1. The molecule has 0 aliphatic heterocycles. The van der Waals surface area contributed by atoms with Gasteiger partial charge >= 0.3 is 0 Å². The van der Waals surface area contributed by atoms with E-state index in [-0.39, 0.29) is 0 Å². The van der Waals surface area contributed by atoms with Crippen molar-refractivity contribution in [2.45, 2.75) is 6.42 Å². The van der Waals surface area contributed by atoms with Gasteiger partial charge in [-0.25, -0.2) is 0 Å². The van der Waals surface area contributed by atoms with Crippen LogP contribution in [0.3, 0.4) is 0 Å². The number of imidazole rings is 1. The molecule has 0 saturated carbocycles. The van der Waals surface area contributed by atoms with Crippen LogP contribution in [-0.4, -0.2) is 14.5 Å². The Kier molecular flexibility index (Phi) is 2.86. The van der Waals surface area contributed by atoms with Gasteiger partial charge in [0.25, 0.3) is 0 Å². The van der Waals surface area contributed by atoms with Crippen molar-refractivity contribution in [3.05, 3.63) is 53.1 Å². The van der Waals surface area contributed by atoms with Crippen LogP contribution < -0.4 is 0 Å². The van der Waals surface area contributed by atoms with Gasteiger partial charge in [0, 0.05) is 11.9 Å². The van der Waals surface area contributed by atoms with E-state index in [9.17, 15) is 0 Å². The molecule has 0 radical (unpaired) electrons. The molecule has 0 saturated heterocycles. The molecule has 0 aliphatic rings. The lowest BCUT2D eigenvalue weighted by molar-refractivity contribution is 1.06. The Balaban J connectivity index is 2.16. The van der Waals surface area contributed by atoms with Crippen molar-refractivity contribution >= 4 is 23.3 Å². The lowest BCUT2D eigenvalue weighted by atomic mass is 10.1. The molecule has 0 fully saturated rings. The second-order valence-electron chi connectivity index (χ2n) is 4.16. The average molecular weight is 266 g/mol. The zero-order chi connectivity index (χ0) is 13.2. The predicted molar refractivity (Wildman–Crippen MR) is 75.6 cm³/mol. The minimum atomic E-state index is 0.420. The fraction of sp³-hybridized carbons (Fsp3) is 0.0714.